The summed E-state index contributed by atoms with van der Waals surface area (Å²) in [5.41, 5.74) is 5.25. The lowest BCUT2D eigenvalue weighted by Crippen LogP contribution is -2.46. The molecule has 0 unspecified atom stereocenters. The highest BCUT2D eigenvalue weighted by Crippen LogP contribution is 2.28. The van der Waals surface area contributed by atoms with Crippen LogP contribution in [0.1, 0.15) is 17.0 Å². The van der Waals surface area contributed by atoms with Gasteiger partial charge in [0, 0.05) is 42.8 Å². The van der Waals surface area contributed by atoms with Crippen molar-refractivity contribution in [2.75, 3.05) is 31.1 Å². The lowest BCUT2D eigenvalue weighted by Gasteiger charge is -2.36. The second-order valence-corrected chi connectivity index (χ2v) is 8.18. The summed E-state index contributed by atoms with van der Waals surface area (Å²) in [5, 5.41) is 4.77. The Kier molecular flexibility index (Phi) is 5.51. The second-order valence-electron chi connectivity index (χ2n) is 7.27. The van der Waals surface area contributed by atoms with Crippen LogP contribution < -0.4 is 4.90 Å². The van der Waals surface area contributed by atoms with E-state index in [1.165, 1.54) is 11.8 Å². The van der Waals surface area contributed by atoms with Crippen molar-refractivity contribution in [2.24, 2.45) is 0 Å². The van der Waals surface area contributed by atoms with Gasteiger partial charge in [0.1, 0.15) is 5.82 Å². The molecule has 6 heteroatoms. The number of anilines is 1. The summed E-state index contributed by atoms with van der Waals surface area (Å²) in [6.07, 6.45) is 0. The molecule has 4 nitrogen and oxygen atoms in total. The molecule has 0 amide bonds. The van der Waals surface area contributed by atoms with E-state index in [0.29, 0.717) is 6.54 Å². The molecule has 28 heavy (non-hydrogen) atoms. The smallest absolute Gasteiger partial charge is 0.127 e. The normalized spacial score (nSPS) is 15.2. The minimum absolute atomic E-state index is 0.138. The Morgan fingerprint density at radius 3 is 2.43 bits per heavy atom. The van der Waals surface area contributed by atoms with E-state index in [4.69, 9.17) is 5.10 Å². The van der Waals surface area contributed by atoms with E-state index in [1.807, 2.05) is 28.9 Å². The van der Waals surface area contributed by atoms with E-state index >= 15 is 0 Å². The molecule has 1 fully saturated rings. The number of nitrogens with zero attached hydrogens (tertiary/aromatic N) is 4. The maximum Gasteiger partial charge on any atom is 0.127 e. The zero-order valence-electron chi connectivity index (χ0n) is 16.2. The Balaban J connectivity index is 1.47. The standard InChI is InChI=1S/C22H24BrFN4/c1-16-22(17(2)28(25-16)20-6-4-3-5-7-20)27-12-10-26(11-13-27)15-18-14-19(23)8-9-21(18)24/h3-9,14H,10-13,15H2,1-2H3. The number of piperazine rings is 1. The first-order chi connectivity index (χ1) is 13.5. The van der Waals surface area contributed by atoms with Gasteiger partial charge in [-0.2, -0.15) is 5.10 Å². The third-order valence-electron chi connectivity index (χ3n) is 5.34. The summed E-state index contributed by atoms with van der Waals surface area (Å²) >= 11 is 3.44. The molecule has 0 atom stereocenters. The molecular weight excluding hydrogens is 419 g/mol. The van der Waals surface area contributed by atoms with Crippen molar-refractivity contribution in [3.63, 3.8) is 0 Å². The molecule has 1 aliphatic heterocycles. The van der Waals surface area contributed by atoms with Crippen LogP contribution >= 0.6 is 15.9 Å². The number of para-hydroxylation sites is 1. The molecule has 1 saturated heterocycles. The summed E-state index contributed by atoms with van der Waals surface area (Å²) in [7, 11) is 0. The summed E-state index contributed by atoms with van der Waals surface area (Å²) in [6, 6.07) is 15.4. The van der Waals surface area contributed by atoms with E-state index in [1.54, 1.807) is 6.07 Å². The van der Waals surface area contributed by atoms with Gasteiger partial charge in [0.2, 0.25) is 0 Å². The monoisotopic (exact) mass is 442 g/mol. The Morgan fingerprint density at radius 2 is 1.71 bits per heavy atom. The fourth-order valence-electron chi connectivity index (χ4n) is 3.95. The largest absolute Gasteiger partial charge is 0.366 e. The lowest BCUT2D eigenvalue weighted by molar-refractivity contribution is 0.246. The van der Waals surface area contributed by atoms with Gasteiger partial charge in [-0.1, -0.05) is 34.1 Å². The number of rotatable bonds is 4. The van der Waals surface area contributed by atoms with Gasteiger partial charge in [-0.05, 0) is 44.2 Å². The molecule has 3 aromatic rings. The van der Waals surface area contributed by atoms with Gasteiger partial charge in [0.15, 0.2) is 0 Å². The zero-order valence-corrected chi connectivity index (χ0v) is 17.8. The van der Waals surface area contributed by atoms with Crippen LogP contribution in [0.5, 0.6) is 0 Å². The van der Waals surface area contributed by atoms with Crippen LogP contribution in [0.4, 0.5) is 10.1 Å². The van der Waals surface area contributed by atoms with E-state index in [-0.39, 0.29) is 5.82 Å². The van der Waals surface area contributed by atoms with Crippen LogP contribution in [-0.4, -0.2) is 40.9 Å². The average Bonchev–Trinajstić information content (AvgIpc) is 3.00. The fourth-order valence-corrected chi connectivity index (χ4v) is 4.36. The number of aromatic nitrogens is 2. The molecule has 0 radical (unpaired) electrons. The minimum Gasteiger partial charge on any atom is -0.366 e. The topological polar surface area (TPSA) is 24.3 Å². The zero-order chi connectivity index (χ0) is 19.7. The number of halogens is 2. The number of aryl methyl sites for hydroxylation is 1. The summed E-state index contributed by atoms with van der Waals surface area (Å²) in [6.45, 7) is 8.48. The highest BCUT2D eigenvalue weighted by Gasteiger charge is 2.23. The van der Waals surface area contributed by atoms with E-state index in [9.17, 15) is 4.39 Å². The predicted octanol–water partition coefficient (Wildman–Crippen LogP) is 4.71. The molecule has 0 N–H and O–H groups in total. The molecule has 2 heterocycles. The highest BCUT2D eigenvalue weighted by atomic mass is 79.9. The van der Waals surface area contributed by atoms with Crippen molar-refractivity contribution in [3.05, 3.63) is 75.8 Å². The van der Waals surface area contributed by atoms with Gasteiger partial charge >= 0.3 is 0 Å². The molecule has 1 aliphatic rings. The first-order valence-electron chi connectivity index (χ1n) is 9.56. The lowest BCUT2D eigenvalue weighted by atomic mass is 10.1. The Bertz CT molecular complexity index is 962. The van der Waals surface area contributed by atoms with Crippen molar-refractivity contribution < 1.29 is 4.39 Å². The van der Waals surface area contributed by atoms with Crippen LogP contribution in [-0.2, 0) is 6.54 Å². The van der Waals surface area contributed by atoms with E-state index in [2.05, 4.69) is 51.7 Å². The quantitative estimate of drug-likeness (QED) is 0.584. The SMILES string of the molecule is Cc1nn(-c2ccccc2)c(C)c1N1CCN(Cc2cc(Br)ccc2F)CC1. The van der Waals surface area contributed by atoms with Crippen LogP contribution in [0.15, 0.2) is 53.0 Å². The van der Waals surface area contributed by atoms with Gasteiger partial charge in [-0.15, -0.1) is 0 Å². The van der Waals surface area contributed by atoms with Crippen molar-refractivity contribution in [1.29, 1.82) is 0 Å². The van der Waals surface area contributed by atoms with Gasteiger partial charge in [0.25, 0.3) is 0 Å². The number of hydrogen-bond acceptors (Lipinski definition) is 3. The molecule has 0 aliphatic carbocycles. The van der Waals surface area contributed by atoms with Gasteiger partial charge in [-0.25, -0.2) is 9.07 Å². The average molecular weight is 443 g/mol. The van der Waals surface area contributed by atoms with E-state index < -0.39 is 0 Å². The molecule has 0 spiro atoms. The summed E-state index contributed by atoms with van der Waals surface area (Å²) < 4.78 is 17.0. The van der Waals surface area contributed by atoms with Crippen molar-refractivity contribution in [1.82, 2.24) is 14.7 Å². The van der Waals surface area contributed by atoms with Gasteiger partial charge in [0.05, 0.1) is 22.8 Å². The van der Waals surface area contributed by atoms with Crippen LogP contribution in [0.2, 0.25) is 0 Å². The first-order valence-corrected chi connectivity index (χ1v) is 10.3. The Labute approximate surface area is 173 Å². The molecule has 2 aromatic carbocycles. The third-order valence-corrected chi connectivity index (χ3v) is 5.84. The minimum atomic E-state index is -0.138. The van der Waals surface area contributed by atoms with Crippen molar-refractivity contribution in [2.45, 2.75) is 20.4 Å². The van der Waals surface area contributed by atoms with Gasteiger partial charge < -0.3 is 4.90 Å². The van der Waals surface area contributed by atoms with Crippen molar-refractivity contribution in [3.8, 4) is 5.69 Å². The third kappa shape index (κ3) is 3.84. The highest BCUT2D eigenvalue weighted by molar-refractivity contribution is 9.10. The maximum atomic E-state index is 14.1. The molecule has 0 saturated carbocycles. The molecule has 0 bridgehead atoms. The van der Waals surface area contributed by atoms with Crippen LogP contribution in [0.25, 0.3) is 5.69 Å². The summed E-state index contributed by atoms with van der Waals surface area (Å²) in [4.78, 5) is 4.72. The number of hydrogen-bond donors (Lipinski definition) is 0. The fraction of sp³-hybridized carbons (Fsp3) is 0.318. The maximum absolute atomic E-state index is 14.1. The molecular formula is C22H24BrFN4. The molecule has 1 aromatic heterocycles. The second kappa shape index (κ2) is 8.05. The summed E-state index contributed by atoms with van der Waals surface area (Å²) in [5.74, 6) is -0.138. The Morgan fingerprint density at radius 1 is 1.00 bits per heavy atom. The molecule has 146 valence electrons. The van der Waals surface area contributed by atoms with E-state index in [0.717, 1.165) is 53.3 Å². The Hall–Kier alpha value is -2.18. The van der Waals surface area contributed by atoms with Gasteiger partial charge in [-0.3, -0.25) is 4.90 Å². The van der Waals surface area contributed by atoms with Crippen molar-refractivity contribution >= 4 is 21.6 Å². The first kappa shape index (κ1) is 19.2. The number of benzene rings is 2. The van der Waals surface area contributed by atoms with Crippen LogP contribution in [0, 0.1) is 19.7 Å². The van der Waals surface area contributed by atoms with Crippen LogP contribution in [0.3, 0.4) is 0 Å². The predicted molar refractivity (Wildman–Crippen MR) is 115 cm³/mol. The molecule has 4 rings (SSSR count).